The number of rotatable bonds is 5. The Morgan fingerprint density at radius 2 is 2.00 bits per heavy atom. The Balaban J connectivity index is 2.78. The zero-order valence-corrected chi connectivity index (χ0v) is 12.4. The van der Waals surface area contributed by atoms with Gasteiger partial charge in [-0.1, -0.05) is 6.92 Å². The average molecular weight is 317 g/mol. The highest BCUT2D eigenvalue weighted by Gasteiger charge is 2.21. The minimum atomic E-state index is -0.266. The third-order valence-electron chi connectivity index (χ3n) is 2.39. The first-order valence-corrected chi connectivity index (χ1v) is 6.49. The topological polar surface area (TPSA) is 53.8 Å². The summed E-state index contributed by atoms with van der Waals surface area (Å²) in [5, 5.41) is 0. The molecule has 0 saturated carbocycles. The maximum atomic E-state index is 12.1. The summed E-state index contributed by atoms with van der Waals surface area (Å²) in [5.41, 5.74) is 0. The van der Waals surface area contributed by atoms with Crippen molar-refractivity contribution >= 4 is 27.7 Å². The van der Waals surface area contributed by atoms with Gasteiger partial charge in [-0.2, -0.15) is 0 Å². The second-order valence-corrected chi connectivity index (χ2v) is 4.90. The molecule has 0 aromatic carbocycles. The quantitative estimate of drug-likeness (QED) is 0.834. The van der Waals surface area contributed by atoms with Crippen LogP contribution in [0.15, 0.2) is 21.2 Å². The van der Waals surface area contributed by atoms with Gasteiger partial charge in [0.25, 0.3) is 5.91 Å². The molecule has 0 N–H and O–H groups in total. The van der Waals surface area contributed by atoms with E-state index in [2.05, 4.69) is 15.9 Å². The molecule has 1 rings (SSSR count). The molecular weight excluding hydrogens is 300 g/mol. The van der Waals surface area contributed by atoms with Gasteiger partial charge in [-0.25, -0.2) is 0 Å². The van der Waals surface area contributed by atoms with E-state index in [-0.39, 0.29) is 24.1 Å². The average Bonchev–Trinajstić information content (AvgIpc) is 2.74. The molecule has 0 fully saturated rings. The highest BCUT2D eigenvalue weighted by Crippen LogP contribution is 2.16. The summed E-state index contributed by atoms with van der Waals surface area (Å²) < 4.78 is 5.72. The number of furan rings is 1. The molecule has 18 heavy (non-hydrogen) atoms. The van der Waals surface area contributed by atoms with Crippen LogP contribution in [-0.2, 0) is 4.79 Å². The Kier molecular flexibility index (Phi) is 5.40. The summed E-state index contributed by atoms with van der Waals surface area (Å²) in [6.45, 7) is 2.55. The molecule has 5 nitrogen and oxygen atoms in total. The fraction of sp³-hybridized carbons (Fsp3) is 0.500. The van der Waals surface area contributed by atoms with E-state index in [9.17, 15) is 9.59 Å². The van der Waals surface area contributed by atoms with Crippen molar-refractivity contribution in [2.45, 2.75) is 13.3 Å². The van der Waals surface area contributed by atoms with Gasteiger partial charge in [0.2, 0.25) is 5.91 Å². The maximum absolute atomic E-state index is 12.1. The lowest BCUT2D eigenvalue weighted by atomic mass is 10.3. The summed E-state index contributed by atoms with van der Waals surface area (Å²) in [7, 11) is 3.33. The lowest BCUT2D eigenvalue weighted by Gasteiger charge is -2.22. The standard InChI is InChI=1S/C12H17BrN2O3/c1-4-7-15(8-11(16)14(2)3)12(17)9-5-6-10(13)18-9/h5-6H,4,7-8H2,1-3H3. The normalized spacial score (nSPS) is 10.2. The summed E-state index contributed by atoms with van der Waals surface area (Å²) in [5.74, 6) is -0.137. The Hall–Kier alpha value is -1.30. The predicted octanol–water partition coefficient (Wildman–Crippen LogP) is 1.98. The third kappa shape index (κ3) is 3.87. The second-order valence-electron chi connectivity index (χ2n) is 4.12. The molecule has 0 aliphatic carbocycles. The molecule has 100 valence electrons. The Bertz CT molecular complexity index is 429. The van der Waals surface area contributed by atoms with Crippen LogP contribution in [0.3, 0.4) is 0 Å². The molecule has 0 saturated heterocycles. The number of halogens is 1. The van der Waals surface area contributed by atoms with E-state index in [1.165, 1.54) is 9.80 Å². The molecule has 2 amide bonds. The first-order valence-electron chi connectivity index (χ1n) is 5.70. The van der Waals surface area contributed by atoms with Crippen LogP contribution in [-0.4, -0.2) is 48.8 Å². The van der Waals surface area contributed by atoms with Gasteiger partial charge in [0.1, 0.15) is 6.54 Å². The van der Waals surface area contributed by atoms with Gasteiger partial charge in [-0.3, -0.25) is 9.59 Å². The molecule has 6 heteroatoms. The van der Waals surface area contributed by atoms with Gasteiger partial charge < -0.3 is 14.2 Å². The Labute approximate surface area is 115 Å². The van der Waals surface area contributed by atoms with Gasteiger partial charge in [0, 0.05) is 20.6 Å². The molecule has 1 aromatic heterocycles. The smallest absolute Gasteiger partial charge is 0.290 e. The fourth-order valence-electron chi connectivity index (χ4n) is 1.41. The highest BCUT2D eigenvalue weighted by molar-refractivity contribution is 9.10. The second kappa shape index (κ2) is 6.58. The predicted molar refractivity (Wildman–Crippen MR) is 71.3 cm³/mol. The molecule has 1 aromatic rings. The van der Waals surface area contributed by atoms with Crippen molar-refractivity contribution in [1.29, 1.82) is 0 Å². The van der Waals surface area contributed by atoms with Gasteiger partial charge in [0.05, 0.1) is 0 Å². The van der Waals surface area contributed by atoms with E-state index in [4.69, 9.17) is 4.42 Å². The van der Waals surface area contributed by atoms with E-state index >= 15 is 0 Å². The molecule has 0 aliphatic heterocycles. The highest BCUT2D eigenvalue weighted by atomic mass is 79.9. The number of hydrogen-bond donors (Lipinski definition) is 0. The van der Waals surface area contributed by atoms with Gasteiger partial charge in [-0.05, 0) is 34.5 Å². The number of carbonyl (C=O) groups excluding carboxylic acids is 2. The molecule has 0 unspecified atom stereocenters. The Morgan fingerprint density at radius 3 is 2.44 bits per heavy atom. The van der Waals surface area contributed by atoms with Crippen molar-refractivity contribution < 1.29 is 14.0 Å². The lowest BCUT2D eigenvalue weighted by Crippen LogP contribution is -2.40. The third-order valence-corrected chi connectivity index (χ3v) is 2.82. The van der Waals surface area contributed by atoms with Crippen LogP contribution in [0, 0.1) is 0 Å². The summed E-state index contributed by atoms with van der Waals surface area (Å²) in [6.07, 6.45) is 0.786. The minimum absolute atomic E-state index is 0.0675. The lowest BCUT2D eigenvalue weighted by molar-refractivity contribution is -0.129. The number of carbonyl (C=O) groups is 2. The van der Waals surface area contributed by atoms with Crippen molar-refractivity contribution in [1.82, 2.24) is 9.80 Å². The van der Waals surface area contributed by atoms with Crippen LogP contribution in [0.1, 0.15) is 23.9 Å². The number of nitrogens with zero attached hydrogens (tertiary/aromatic N) is 2. The molecule has 0 atom stereocenters. The van der Waals surface area contributed by atoms with Gasteiger partial charge >= 0.3 is 0 Å². The summed E-state index contributed by atoms with van der Waals surface area (Å²) in [6, 6.07) is 3.25. The first-order chi connectivity index (χ1) is 8.45. The molecule has 0 radical (unpaired) electrons. The zero-order valence-electron chi connectivity index (χ0n) is 10.8. The fourth-order valence-corrected chi connectivity index (χ4v) is 1.72. The van der Waals surface area contributed by atoms with E-state index < -0.39 is 0 Å². The molecule has 0 aliphatic rings. The molecule has 1 heterocycles. The summed E-state index contributed by atoms with van der Waals surface area (Å²) in [4.78, 5) is 26.8. The van der Waals surface area contributed by atoms with Crippen molar-refractivity contribution in [2.24, 2.45) is 0 Å². The zero-order chi connectivity index (χ0) is 13.7. The van der Waals surface area contributed by atoms with E-state index in [0.717, 1.165) is 6.42 Å². The number of amides is 2. The van der Waals surface area contributed by atoms with E-state index in [1.807, 2.05) is 6.92 Å². The van der Waals surface area contributed by atoms with Crippen LogP contribution < -0.4 is 0 Å². The van der Waals surface area contributed by atoms with Gasteiger partial charge in [0.15, 0.2) is 10.4 Å². The SMILES string of the molecule is CCCN(CC(=O)N(C)C)C(=O)c1ccc(Br)o1. The molecule has 0 bridgehead atoms. The Morgan fingerprint density at radius 1 is 1.33 bits per heavy atom. The number of hydrogen-bond acceptors (Lipinski definition) is 3. The van der Waals surface area contributed by atoms with Crippen molar-refractivity contribution in [3.05, 3.63) is 22.6 Å². The van der Waals surface area contributed by atoms with Gasteiger partial charge in [-0.15, -0.1) is 0 Å². The van der Waals surface area contributed by atoms with Crippen LogP contribution in [0.4, 0.5) is 0 Å². The van der Waals surface area contributed by atoms with Crippen molar-refractivity contribution in [2.75, 3.05) is 27.2 Å². The van der Waals surface area contributed by atoms with Crippen LogP contribution in [0.5, 0.6) is 0 Å². The maximum Gasteiger partial charge on any atom is 0.290 e. The monoisotopic (exact) mass is 316 g/mol. The first kappa shape index (κ1) is 14.8. The van der Waals surface area contributed by atoms with E-state index in [1.54, 1.807) is 26.2 Å². The number of likely N-dealkylation sites (N-methyl/N-ethyl adjacent to an activating group) is 1. The minimum Gasteiger partial charge on any atom is -0.444 e. The van der Waals surface area contributed by atoms with Crippen molar-refractivity contribution in [3.8, 4) is 0 Å². The molecular formula is C12H17BrN2O3. The molecule has 0 spiro atoms. The largest absolute Gasteiger partial charge is 0.444 e. The van der Waals surface area contributed by atoms with Crippen LogP contribution in [0.2, 0.25) is 0 Å². The van der Waals surface area contributed by atoms with Crippen LogP contribution >= 0.6 is 15.9 Å². The van der Waals surface area contributed by atoms with Crippen molar-refractivity contribution in [3.63, 3.8) is 0 Å². The van der Waals surface area contributed by atoms with Crippen LogP contribution in [0.25, 0.3) is 0 Å². The van der Waals surface area contributed by atoms with E-state index in [0.29, 0.717) is 11.2 Å². The summed E-state index contributed by atoms with van der Waals surface area (Å²) >= 11 is 3.15.